The van der Waals surface area contributed by atoms with Crippen LogP contribution in [-0.4, -0.2) is 43.5 Å². The summed E-state index contributed by atoms with van der Waals surface area (Å²) in [6, 6.07) is 4.02. The molecule has 48 heavy (non-hydrogen) atoms. The summed E-state index contributed by atoms with van der Waals surface area (Å²) in [5.41, 5.74) is 3.71. The maximum atomic E-state index is 15.3. The second-order valence-corrected chi connectivity index (χ2v) is 18.8. The van der Waals surface area contributed by atoms with Crippen molar-refractivity contribution in [2.45, 2.75) is 131 Å². The number of allylic oxidation sites excluding steroid dienone is 1. The van der Waals surface area contributed by atoms with Crippen molar-refractivity contribution in [1.29, 1.82) is 0 Å². The first-order chi connectivity index (χ1) is 22.8. The second-order valence-electron chi connectivity index (χ2n) is 18.8. The molecule has 6 aliphatic rings. The zero-order valence-electron chi connectivity index (χ0n) is 30.5. The number of nitrogens with zero attached hydrogens (tertiary/aromatic N) is 3. The quantitative estimate of drug-likeness (QED) is 0.323. The molecule has 11 atom stereocenters. The van der Waals surface area contributed by atoms with Crippen molar-refractivity contribution in [1.82, 2.24) is 19.9 Å². The van der Waals surface area contributed by atoms with Crippen LogP contribution in [-0.2, 0) is 4.79 Å². The number of pyridine rings is 1. The number of imidazole rings is 1. The smallest absolute Gasteiger partial charge is 0.229 e. The molecule has 0 spiro atoms. The molecule has 5 aliphatic carbocycles. The van der Waals surface area contributed by atoms with Crippen molar-refractivity contribution >= 4 is 5.91 Å². The first-order valence-electron chi connectivity index (χ1n) is 19.4. The van der Waals surface area contributed by atoms with Gasteiger partial charge in [-0.15, -0.1) is 0 Å². The van der Waals surface area contributed by atoms with E-state index in [1.165, 1.54) is 31.3 Å². The Kier molecular flexibility index (Phi) is 7.51. The van der Waals surface area contributed by atoms with Crippen LogP contribution in [0.5, 0.6) is 0 Å². The van der Waals surface area contributed by atoms with Crippen LogP contribution in [0.4, 0.5) is 0 Å². The lowest BCUT2D eigenvalue weighted by Gasteiger charge is -2.73. The van der Waals surface area contributed by atoms with Crippen LogP contribution in [0.25, 0.3) is 11.3 Å². The van der Waals surface area contributed by atoms with E-state index in [1.54, 1.807) is 0 Å². The molecule has 8 rings (SSSR count). The van der Waals surface area contributed by atoms with Crippen molar-refractivity contribution in [3.8, 4) is 11.3 Å². The van der Waals surface area contributed by atoms with Gasteiger partial charge < -0.3 is 15.0 Å². The molecule has 2 aromatic heterocycles. The van der Waals surface area contributed by atoms with Crippen LogP contribution >= 0.6 is 0 Å². The maximum absolute atomic E-state index is 15.3. The Balaban J connectivity index is 1.12. The molecular weight excluding hydrogens is 592 g/mol. The van der Waals surface area contributed by atoms with E-state index in [-0.39, 0.29) is 39.2 Å². The Morgan fingerprint density at radius 3 is 2.44 bits per heavy atom. The maximum Gasteiger partial charge on any atom is 0.229 e. The van der Waals surface area contributed by atoms with E-state index < -0.39 is 0 Å². The van der Waals surface area contributed by atoms with Gasteiger partial charge in [0.15, 0.2) is 0 Å². The number of H-pyrrole nitrogens is 1. The van der Waals surface area contributed by atoms with E-state index in [1.807, 2.05) is 30.7 Å². The summed E-state index contributed by atoms with van der Waals surface area (Å²) in [5.74, 6) is 3.88. The molecule has 260 valence electrons. The molecule has 0 aromatic carbocycles. The number of rotatable bonds is 4. The van der Waals surface area contributed by atoms with E-state index >= 15 is 4.79 Å². The van der Waals surface area contributed by atoms with Crippen LogP contribution in [0.3, 0.4) is 0 Å². The normalized spacial score (nSPS) is 44.7. The first-order valence-corrected chi connectivity index (χ1v) is 19.4. The molecule has 1 unspecified atom stereocenters. The summed E-state index contributed by atoms with van der Waals surface area (Å²) in [7, 11) is 0. The fourth-order valence-electron chi connectivity index (χ4n) is 14.3. The van der Waals surface area contributed by atoms with Gasteiger partial charge in [0.2, 0.25) is 5.91 Å². The number of aliphatic hydroxyl groups is 1. The van der Waals surface area contributed by atoms with Gasteiger partial charge in [0, 0.05) is 24.5 Å². The fourth-order valence-corrected chi connectivity index (χ4v) is 14.3. The van der Waals surface area contributed by atoms with Crippen molar-refractivity contribution in [3.63, 3.8) is 0 Å². The minimum absolute atomic E-state index is 0.00814. The Morgan fingerprint density at radius 1 is 0.917 bits per heavy atom. The molecule has 0 radical (unpaired) electrons. The number of aliphatic hydroxyl groups excluding tert-OH is 1. The topological polar surface area (TPSA) is 82.1 Å². The van der Waals surface area contributed by atoms with Crippen LogP contribution in [0.15, 0.2) is 42.9 Å². The lowest BCUT2D eigenvalue weighted by Crippen LogP contribution is -2.67. The molecule has 6 heteroatoms. The Hall–Kier alpha value is -2.47. The van der Waals surface area contributed by atoms with E-state index in [0.29, 0.717) is 35.5 Å². The highest BCUT2D eigenvalue weighted by atomic mass is 16.3. The van der Waals surface area contributed by atoms with Gasteiger partial charge in [-0.3, -0.25) is 9.78 Å². The third-order valence-corrected chi connectivity index (χ3v) is 16.9. The number of fused-ring (bicyclic) bond motifs is 7. The number of aromatic amines is 1. The van der Waals surface area contributed by atoms with Crippen molar-refractivity contribution in [2.75, 3.05) is 6.54 Å². The number of aromatic nitrogens is 3. The first kappa shape index (κ1) is 32.7. The zero-order chi connectivity index (χ0) is 33.9. The molecule has 5 saturated carbocycles. The van der Waals surface area contributed by atoms with E-state index in [4.69, 9.17) is 4.98 Å². The van der Waals surface area contributed by atoms with E-state index in [0.717, 1.165) is 75.0 Å². The number of hydrogen-bond donors (Lipinski definition) is 2. The minimum atomic E-state index is -0.307. The third-order valence-electron chi connectivity index (χ3n) is 16.9. The molecule has 1 amide bonds. The zero-order valence-corrected chi connectivity index (χ0v) is 30.5. The molecule has 6 fully saturated rings. The van der Waals surface area contributed by atoms with Crippen LogP contribution < -0.4 is 0 Å². The Morgan fingerprint density at radius 2 is 1.69 bits per heavy atom. The highest BCUT2D eigenvalue weighted by Crippen LogP contribution is 2.77. The molecule has 2 N–H and O–H groups in total. The summed E-state index contributed by atoms with van der Waals surface area (Å²) >= 11 is 0. The standard InChI is InChI=1S/C42H60N4O2/c1-26(2)28-12-19-42(37(48)46-24-8-9-31(46)36-44-25-30(45-36)27-15-22-43-23-16-27)21-20-40(6)29(35(28)42)10-11-33-39(5)17-14-34(47)38(3,4)32(39)13-18-41(33,40)7/h15-16,22-23,25,28-29,31-35,47H,1,8-14,17-21,24H2,2-7H3,(H,44,45)/t28-,29+,31?,32-,33+,34-,35+,39-,40+,41+,42-/m0/s1. The SMILES string of the molecule is C=C(C)[C@@H]1CC[C@]2(C(=O)N3CCCC3c3ncc(-c4ccncc4)[nH]3)CC[C@]3(C)[C@H](CC[C@@H]4[C@@]5(C)CC[C@H](O)C(C)(C)[C@@H]5CC[C@]43C)[C@@H]12. The predicted octanol–water partition coefficient (Wildman–Crippen LogP) is 9.15. The summed E-state index contributed by atoms with van der Waals surface area (Å²) < 4.78 is 0. The van der Waals surface area contributed by atoms with E-state index in [9.17, 15) is 5.11 Å². The minimum Gasteiger partial charge on any atom is -0.393 e. The average molecular weight is 653 g/mol. The van der Waals surface area contributed by atoms with Gasteiger partial charge in [0.1, 0.15) is 5.82 Å². The lowest BCUT2D eigenvalue weighted by atomic mass is 9.32. The van der Waals surface area contributed by atoms with Crippen LogP contribution in [0.1, 0.15) is 130 Å². The molecular formula is C42H60N4O2. The number of nitrogens with one attached hydrogen (secondary N) is 1. The van der Waals surface area contributed by atoms with Gasteiger partial charge in [0.25, 0.3) is 0 Å². The highest BCUT2D eigenvalue weighted by molar-refractivity contribution is 5.84. The lowest BCUT2D eigenvalue weighted by molar-refractivity contribution is -0.247. The van der Waals surface area contributed by atoms with E-state index in [2.05, 4.69) is 63.0 Å². The molecule has 6 nitrogen and oxygen atoms in total. The molecule has 1 saturated heterocycles. The van der Waals surface area contributed by atoms with Gasteiger partial charge >= 0.3 is 0 Å². The second kappa shape index (κ2) is 11.0. The van der Waals surface area contributed by atoms with Gasteiger partial charge in [-0.2, -0.15) is 0 Å². The predicted molar refractivity (Wildman–Crippen MR) is 190 cm³/mol. The average Bonchev–Trinajstić information content (AvgIpc) is 3.82. The molecule has 0 bridgehead atoms. The summed E-state index contributed by atoms with van der Waals surface area (Å²) in [4.78, 5) is 30.2. The number of carbonyl (C=O) groups is 1. The molecule has 2 aromatic rings. The Bertz CT molecular complexity index is 1580. The van der Waals surface area contributed by atoms with Crippen molar-refractivity contribution < 1.29 is 9.90 Å². The molecule has 3 heterocycles. The Labute approximate surface area is 289 Å². The van der Waals surface area contributed by atoms with Crippen LogP contribution in [0, 0.1) is 56.7 Å². The van der Waals surface area contributed by atoms with Gasteiger partial charge in [-0.05, 0) is 147 Å². The summed E-state index contributed by atoms with van der Waals surface area (Å²) in [6.45, 7) is 20.3. The number of likely N-dealkylation sites (tertiary alicyclic amines) is 1. The third kappa shape index (κ3) is 4.29. The largest absolute Gasteiger partial charge is 0.393 e. The summed E-state index contributed by atoms with van der Waals surface area (Å²) in [6.07, 6.45) is 18.6. The van der Waals surface area contributed by atoms with Crippen LogP contribution in [0.2, 0.25) is 0 Å². The highest BCUT2D eigenvalue weighted by Gasteiger charge is 2.72. The van der Waals surface area contributed by atoms with Gasteiger partial charge in [-0.25, -0.2) is 4.98 Å². The van der Waals surface area contributed by atoms with Gasteiger partial charge in [-0.1, -0.05) is 46.8 Å². The summed E-state index contributed by atoms with van der Waals surface area (Å²) in [5, 5.41) is 11.1. The number of carbonyl (C=O) groups excluding carboxylic acids is 1. The number of amides is 1. The van der Waals surface area contributed by atoms with Crippen molar-refractivity contribution in [3.05, 3.63) is 48.7 Å². The monoisotopic (exact) mass is 652 g/mol. The van der Waals surface area contributed by atoms with Crippen molar-refractivity contribution in [2.24, 2.45) is 56.7 Å². The van der Waals surface area contributed by atoms with Gasteiger partial charge in [0.05, 0.1) is 29.5 Å². The number of hydrogen-bond acceptors (Lipinski definition) is 4. The fraction of sp³-hybridized carbons (Fsp3) is 0.738. The molecule has 1 aliphatic heterocycles.